The predicted octanol–water partition coefficient (Wildman–Crippen LogP) is 0.865. The first kappa shape index (κ1) is 13.1. The van der Waals surface area contributed by atoms with Crippen LogP contribution in [0.5, 0.6) is 0 Å². The van der Waals surface area contributed by atoms with Gasteiger partial charge in [0.15, 0.2) is 0 Å². The Morgan fingerprint density at radius 1 is 1.25 bits per heavy atom. The van der Waals surface area contributed by atoms with Crippen molar-refractivity contribution in [3.63, 3.8) is 0 Å². The third kappa shape index (κ3) is 1.87. The molecule has 0 radical (unpaired) electrons. The van der Waals surface area contributed by atoms with Crippen molar-refractivity contribution in [2.75, 3.05) is 0 Å². The van der Waals surface area contributed by atoms with E-state index in [-0.39, 0.29) is 11.3 Å². The highest BCUT2D eigenvalue weighted by Crippen LogP contribution is 2.31. The molecule has 0 aromatic carbocycles. The number of carbonyl (C=O) groups excluding carboxylic acids is 1. The van der Waals surface area contributed by atoms with Gasteiger partial charge in [0.25, 0.3) is 5.56 Å². The van der Waals surface area contributed by atoms with E-state index in [4.69, 9.17) is 0 Å². The van der Waals surface area contributed by atoms with Crippen LogP contribution in [0.4, 0.5) is 0 Å². The van der Waals surface area contributed by atoms with Crippen LogP contribution in [0.2, 0.25) is 0 Å². The van der Waals surface area contributed by atoms with E-state index in [1.54, 1.807) is 0 Å². The second-order valence-corrected chi connectivity index (χ2v) is 6.18. The summed E-state index contributed by atoms with van der Waals surface area (Å²) in [5, 5.41) is 0. The molecule has 1 aliphatic rings. The van der Waals surface area contributed by atoms with Gasteiger partial charge in [-0.1, -0.05) is 0 Å². The molecule has 0 bridgehead atoms. The predicted molar refractivity (Wildman–Crippen MR) is 76.7 cm³/mol. The maximum absolute atomic E-state index is 12.5. The SMILES string of the molecule is Cn1cc(C(=O)c2cc3c(s2)CCC3)c(=O)n(C)c1=O. The van der Waals surface area contributed by atoms with Crippen LogP contribution in [-0.2, 0) is 26.9 Å². The van der Waals surface area contributed by atoms with Crippen molar-refractivity contribution in [3.8, 4) is 0 Å². The largest absolute Gasteiger partial charge is 0.330 e. The van der Waals surface area contributed by atoms with Crippen LogP contribution in [0.1, 0.15) is 32.1 Å². The molecule has 20 heavy (non-hydrogen) atoms. The maximum atomic E-state index is 12.5. The summed E-state index contributed by atoms with van der Waals surface area (Å²) in [6, 6.07) is 1.89. The second kappa shape index (κ2) is 4.56. The summed E-state index contributed by atoms with van der Waals surface area (Å²) in [7, 11) is 2.92. The van der Waals surface area contributed by atoms with Gasteiger partial charge in [0.05, 0.1) is 4.88 Å². The zero-order valence-corrected chi connectivity index (χ0v) is 12.1. The van der Waals surface area contributed by atoms with Gasteiger partial charge in [-0.15, -0.1) is 11.3 Å². The third-order valence-electron chi connectivity index (χ3n) is 3.66. The van der Waals surface area contributed by atoms with Crippen LogP contribution in [0, 0.1) is 0 Å². The van der Waals surface area contributed by atoms with Gasteiger partial charge in [-0.3, -0.25) is 14.2 Å². The van der Waals surface area contributed by atoms with Gasteiger partial charge in [-0.2, -0.15) is 0 Å². The van der Waals surface area contributed by atoms with Crippen molar-refractivity contribution >= 4 is 17.1 Å². The number of fused-ring (bicyclic) bond motifs is 1. The van der Waals surface area contributed by atoms with Gasteiger partial charge in [-0.05, 0) is 30.9 Å². The molecule has 3 rings (SSSR count). The summed E-state index contributed by atoms with van der Waals surface area (Å²) in [6.07, 6.45) is 4.48. The van der Waals surface area contributed by atoms with Crippen molar-refractivity contribution in [2.45, 2.75) is 19.3 Å². The van der Waals surface area contributed by atoms with Crippen molar-refractivity contribution in [2.24, 2.45) is 14.1 Å². The smallest absolute Gasteiger partial charge is 0.303 e. The Hall–Kier alpha value is -1.95. The molecule has 5 nitrogen and oxygen atoms in total. The summed E-state index contributed by atoms with van der Waals surface area (Å²) >= 11 is 1.46. The number of thiophene rings is 1. The van der Waals surface area contributed by atoms with E-state index in [9.17, 15) is 14.4 Å². The molecule has 0 fully saturated rings. The Kier molecular flexibility index (Phi) is 2.97. The van der Waals surface area contributed by atoms with Gasteiger partial charge >= 0.3 is 5.69 Å². The monoisotopic (exact) mass is 290 g/mol. The summed E-state index contributed by atoms with van der Waals surface area (Å²) in [5.41, 5.74) is 0.307. The highest BCUT2D eigenvalue weighted by atomic mass is 32.1. The van der Waals surface area contributed by atoms with Crippen LogP contribution in [0.3, 0.4) is 0 Å². The number of aromatic nitrogens is 2. The molecule has 2 aromatic rings. The molecule has 0 spiro atoms. The molecule has 6 heteroatoms. The second-order valence-electron chi connectivity index (χ2n) is 5.04. The first-order chi connectivity index (χ1) is 9.49. The van der Waals surface area contributed by atoms with Crippen molar-refractivity contribution in [3.05, 3.63) is 54.0 Å². The average Bonchev–Trinajstić information content (AvgIpc) is 3.00. The Morgan fingerprint density at radius 2 is 2.00 bits per heavy atom. The minimum Gasteiger partial charge on any atom is -0.303 e. The maximum Gasteiger partial charge on any atom is 0.330 e. The molecule has 0 saturated heterocycles. The molecule has 0 N–H and O–H groups in total. The van der Waals surface area contributed by atoms with Crippen molar-refractivity contribution < 1.29 is 4.79 Å². The fourth-order valence-electron chi connectivity index (χ4n) is 2.54. The lowest BCUT2D eigenvalue weighted by Gasteiger charge is -2.04. The number of aryl methyl sites for hydroxylation is 3. The molecule has 2 aromatic heterocycles. The molecule has 0 saturated carbocycles. The van der Waals surface area contributed by atoms with Crippen LogP contribution in [-0.4, -0.2) is 14.9 Å². The quantitative estimate of drug-likeness (QED) is 0.771. The minimum atomic E-state index is -0.536. The standard InChI is InChI=1S/C14H14N2O3S/c1-15-7-9(13(18)16(2)14(15)19)12(17)11-6-8-4-3-5-10(8)20-11/h6-7H,3-5H2,1-2H3. The van der Waals surface area contributed by atoms with Crippen LogP contribution in [0.15, 0.2) is 21.9 Å². The topological polar surface area (TPSA) is 61.1 Å². The molecule has 2 heterocycles. The third-order valence-corrected chi connectivity index (χ3v) is 4.90. The Balaban J connectivity index is 2.11. The molecule has 0 atom stereocenters. The van der Waals surface area contributed by atoms with E-state index in [0.717, 1.165) is 23.8 Å². The number of carbonyl (C=O) groups is 1. The van der Waals surface area contributed by atoms with E-state index in [1.165, 1.54) is 46.6 Å². The lowest BCUT2D eigenvalue weighted by Crippen LogP contribution is -2.39. The lowest BCUT2D eigenvalue weighted by molar-refractivity contribution is 0.103. The Morgan fingerprint density at radius 3 is 2.70 bits per heavy atom. The summed E-state index contributed by atoms with van der Waals surface area (Å²) < 4.78 is 2.23. The lowest BCUT2D eigenvalue weighted by atomic mass is 10.1. The first-order valence-corrected chi connectivity index (χ1v) is 7.23. The molecular formula is C14H14N2O3S. The van der Waals surface area contributed by atoms with E-state index >= 15 is 0 Å². The van der Waals surface area contributed by atoms with Crippen LogP contribution >= 0.6 is 11.3 Å². The van der Waals surface area contributed by atoms with E-state index in [0.29, 0.717) is 4.88 Å². The van der Waals surface area contributed by atoms with E-state index in [1.807, 2.05) is 6.07 Å². The van der Waals surface area contributed by atoms with Gasteiger partial charge < -0.3 is 4.57 Å². The number of hydrogen-bond acceptors (Lipinski definition) is 4. The van der Waals surface area contributed by atoms with Crippen LogP contribution in [0.25, 0.3) is 0 Å². The summed E-state index contributed by atoms with van der Waals surface area (Å²) in [4.78, 5) is 38.0. The van der Waals surface area contributed by atoms with Crippen molar-refractivity contribution in [1.29, 1.82) is 0 Å². The summed E-state index contributed by atoms with van der Waals surface area (Å²) in [6.45, 7) is 0. The highest BCUT2D eigenvalue weighted by molar-refractivity contribution is 7.14. The van der Waals surface area contributed by atoms with Crippen LogP contribution < -0.4 is 11.2 Å². The Bertz CT molecular complexity index is 804. The molecule has 0 amide bonds. The zero-order valence-electron chi connectivity index (χ0n) is 11.3. The fourth-order valence-corrected chi connectivity index (χ4v) is 3.75. The van der Waals surface area contributed by atoms with E-state index in [2.05, 4.69) is 0 Å². The molecule has 0 aliphatic heterocycles. The number of hydrogen-bond donors (Lipinski definition) is 0. The number of ketones is 1. The molecule has 1 aliphatic carbocycles. The Labute approximate surface area is 119 Å². The normalized spacial score (nSPS) is 13.5. The highest BCUT2D eigenvalue weighted by Gasteiger charge is 2.22. The van der Waals surface area contributed by atoms with Gasteiger partial charge in [0.1, 0.15) is 5.56 Å². The first-order valence-electron chi connectivity index (χ1n) is 6.42. The zero-order chi connectivity index (χ0) is 14.4. The van der Waals surface area contributed by atoms with E-state index < -0.39 is 11.2 Å². The molecular weight excluding hydrogens is 276 g/mol. The average molecular weight is 290 g/mol. The van der Waals surface area contributed by atoms with Gasteiger partial charge in [0.2, 0.25) is 5.78 Å². The molecule has 0 unspecified atom stereocenters. The number of nitrogens with zero attached hydrogens (tertiary/aromatic N) is 2. The van der Waals surface area contributed by atoms with Gasteiger partial charge in [-0.25, -0.2) is 4.79 Å². The molecule has 104 valence electrons. The number of rotatable bonds is 2. The van der Waals surface area contributed by atoms with Crippen molar-refractivity contribution in [1.82, 2.24) is 9.13 Å². The van der Waals surface area contributed by atoms with Gasteiger partial charge in [0, 0.05) is 25.2 Å². The minimum absolute atomic E-state index is 0.0505. The fraction of sp³-hybridized carbons (Fsp3) is 0.357. The summed E-state index contributed by atoms with van der Waals surface area (Å²) in [5.74, 6) is -0.291.